The molecule has 1 aliphatic rings. The van der Waals surface area contributed by atoms with Gasteiger partial charge in [-0.15, -0.1) is 11.3 Å². The van der Waals surface area contributed by atoms with E-state index in [9.17, 15) is 4.79 Å². The molecule has 1 aliphatic heterocycles. The molecule has 0 radical (unpaired) electrons. The van der Waals surface area contributed by atoms with Gasteiger partial charge in [0, 0.05) is 11.9 Å². The van der Waals surface area contributed by atoms with Gasteiger partial charge in [-0.05, 0) is 43.7 Å². The van der Waals surface area contributed by atoms with Gasteiger partial charge >= 0.3 is 0 Å². The van der Waals surface area contributed by atoms with Crippen molar-refractivity contribution in [3.8, 4) is 0 Å². The fourth-order valence-corrected chi connectivity index (χ4v) is 3.54. The van der Waals surface area contributed by atoms with E-state index in [0.717, 1.165) is 13.0 Å². The van der Waals surface area contributed by atoms with Gasteiger partial charge in [0.2, 0.25) is 5.91 Å². The van der Waals surface area contributed by atoms with Crippen LogP contribution < -0.4 is 5.32 Å². The third-order valence-corrected chi connectivity index (χ3v) is 5.31. The first-order chi connectivity index (χ1) is 9.13. The van der Waals surface area contributed by atoms with Crippen molar-refractivity contribution in [2.45, 2.75) is 45.2 Å². The zero-order valence-corrected chi connectivity index (χ0v) is 12.9. The minimum absolute atomic E-state index is 0.00566. The first-order valence-corrected chi connectivity index (χ1v) is 8.04. The molecule has 1 amide bonds. The molecule has 2 heterocycles. The second-order valence-electron chi connectivity index (χ2n) is 5.45. The molecule has 19 heavy (non-hydrogen) atoms. The zero-order chi connectivity index (χ0) is 13.8. The molecular formula is C15H24N2OS. The zero-order valence-electron chi connectivity index (χ0n) is 12.1. The van der Waals surface area contributed by atoms with Crippen molar-refractivity contribution in [1.82, 2.24) is 10.2 Å². The molecule has 0 aromatic carbocycles. The normalized spacial score (nSPS) is 25.0. The van der Waals surface area contributed by atoms with Crippen LogP contribution in [0.4, 0.5) is 0 Å². The number of hydrogen-bond acceptors (Lipinski definition) is 3. The molecule has 1 aromatic rings. The molecule has 1 N–H and O–H groups in total. The second kappa shape index (κ2) is 6.53. The largest absolute Gasteiger partial charge is 0.337 e. The number of piperidine rings is 1. The topological polar surface area (TPSA) is 32.3 Å². The summed E-state index contributed by atoms with van der Waals surface area (Å²) >= 11 is 1.71. The van der Waals surface area contributed by atoms with Gasteiger partial charge < -0.3 is 10.2 Å². The Balaban J connectivity index is 1.98. The molecule has 0 saturated carbocycles. The number of nitrogens with one attached hydrogen (secondary N) is 1. The summed E-state index contributed by atoms with van der Waals surface area (Å²) in [6.45, 7) is 5.29. The number of carbonyl (C=O) groups is 1. The molecule has 0 spiro atoms. The van der Waals surface area contributed by atoms with Crippen LogP contribution in [0.3, 0.4) is 0 Å². The van der Waals surface area contributed by atoms with E-state index in [1.807, 2.05) is 18.0 Å². The quantitative estimate of drug-likeness (QED) is 0.919. The lowest BCUT2D eigenvalue weighted by Crippen LogP contribution is -2.49. The number of rotatable bonds is 4. The van der Waals surface area contributed by atoms with Crippen LogP contribution in [0.15, 0.2) is 17.5 Å². The Morgan fingerprint density at radius 2 is 2.42 bits per heavy atom. The second-order valence-corrected chi connectivity index (χ2v) is 6.43. The lowest BCUT2D eigenvalue weighted by molar-refractivity contribution is -0.135. The predicted octanol–water partition coefficient (Wildman–Crippen LogP) is 3.05. The summed E-state index contributed by atoms with van der Waals surface area (Å²) in [6.07, 6.45) is 3.36. The number of likely N-dealkylation sites (N-methyl/N-ethyl adjacent to an activating group) is 1. The van der Waals surface area contributed by atoms with E-state index in [0.29, 0.717) is 5.92 Å². The molecule has 3 nitrogen and oxygen atoms in total. The van der Waals surface area contributed by atoms with Crippen molar-refractivity contribution in [2.24, 2.45) is 5.92 Å². The molecule has 1 fully saturated rings. The lowest BCUT2D eigenvalue weighted by atomic mass is 9.90. The SMILES string of the molecule is CCC1CCNC(C(=O)N(C)C(C)c2cccs2)C1. The Morgan fingerprint density at radius 1 is 1.63 bits per heavy atom. The van der Waals surface area contributed by atoms with Crippen LogP contribution >= 0.6 is 11.3 Å². The van der Waals surface area contributed by atoms with E-state index in [2.05, 4.69) is 30.6 Å². The number of carbonyl (C=O) groups excluding carboxylic acids is 1. The summed E-state index contributed by atoms with van der Waals surface area (Å²) in [6, 6.07) is 4.31. The van der Waals surface area contributed by atoms with Crippen LogP contribution in [-0.4, -0.2) is 30.4 Å². The monoisotopic (exact) mass is 280 g/mol. The first kappa shape index (κ1) is 14.5. The minimum atomic E-state index is 0.00566. The van der Waals surface area contributed by atoms with Crippen LogP contribution in [0, 0.1) is 5.92 Å². The Kier molecular flexibility index (Phi) is 4.99. The van der Waals surface area contributed by atoms with Crippen molar-refractivity contribution in [3.63, 3.8) is 0 Å². The molecule has 1 saturated heterocycles. The smallest absolute Gasteiger partial charge is 0.239 e. The summed E-state index contributed by atoms with van der Waals surface area (Å²) in [4.78, 5) is 15.7. The van der Waals surface area contributed by atoms with E-state index >= 15 is 0 Å². The van der Waals surface area contributed by atoms with Gasteiger partial charge in [0.1, 0.15) is 0 Å². The fraction of sp³-hybridized carbons (Fsp3) is 0.667. The lowest BCUT2D eigenvalue weighted by Gasteiger charge is -2.33. The predicted molar refractivity (Wildman–Crippen MR) is 80.3 cm³/mol. The fourth-order valence-electron chi connectivity index (χ4n) is 2.71. The van der Waals surface area contributed by atoms with E-state index in [4.69, 9.17) is 0 Å². The average molecular weight is 280 g/mol. The maximum atomic E-state index is 12.6. The number of amides is 1. The highest BCUT2D eigenvalue weighted by atomic mass is 32.1. The molecule has 106 valence electrons. The van der Waals surface area contributed by atoms with Crippen molar-refractivity contribution >= 4 is 17.2 Å². The molecular weight excluding hydrogens is 256 g/mol. The van der Waals surface area contributed by atoms with Crippen LogP contribution in [0.1, 0.15) is 44.0 Å². The van der Waals surface area contributed by atoms with Gasteiger partial charge in [0.25, 0.3) is 0 Å². The van der Waals surface area contributed by atoms with Crippen LogP contribution in [-0.2, 0) is 4.79 Å². The summed E-state index contributed by atoms with van der Waals surface area (Å²) in [5.74, 6) is 0.930. The van der Waals surface area contributed by atoms with Crippen molar-refractivity contribution in [1.29, 1.82) is 0 Å². The molecule has 3 atom stereocenters. The van der Waals surface area contributed by atoms with Gasteiger partial charge in [-0.25, -0.2) is 0 Å². The number of nitrogens with zero attached hydrogens (tertiary/aromatic N) is 1. The summed E-state index contributed by atoms with van der Waals surface area (Å²) in [7, 11) is 1.92. The van der Waals surface area contributed by atoms with Crippen molar-refractivity contribution in [3.05, 3.63) is 22.4 Å². The summed E-state index contributed by atoms with van der Waals surface area (Å²) < 4.78 is 0. The standard InChI is InChI=1S/C15H24N2OS/c1-4-12-7-8-16-13(10-12)15(18)17(3)11(2)14-6-5-9-19-14/h5-6,9,11-13,16H,4,7-8,10H2,1-3H3. The van der Waals surface area contributed by atoms with Crippen LogP contribution in [0.2, 0.25) is 0 Å². The Bertz CT molecular complexity index is 404. The highest BCUT2D eigenvalue weighted by Crippen LogP contribution is 2.26. The Morgan fingerprint density at radius 3 is 3.05 bits per heavy atom. The van der Waals surface area contributed by atoms with Gasteiger partial charge in [0.15, 0.2) is 0 Å². The molecule has 1 aromatic heterocycles. The Labute approximate surface area is 120 Å². The first-order valence-electron chi connectivity index (χ1n) is 7.17. The van der Waals surface area contributed by atoms with Crippen molar-refractivity contribution < 1.29 is 4.79 Å². The molecule has 0 aliphatic carbocycles. The highest BCUT2D eigenvalue weighted by molar-refractivity contribution is 7.10. The third kappa shape index (κ3) is 3.37. The van der Waals surface area contributed by atoms with Gasteiger partial charge in [0.05, 0.1) is 12.1 Å². The van der Waals surface area contributed by atoms with Crippen molar-refractivity contribution in [2.75, 3.05) is 13.6 Å². The van der Waals surface area contributed by atoms with E-state index in [-0.39, 0.29) is 18.0 Å². The van der Waals surface area contributed by atoms with Crippen LogP contribution in [0.25, 0.3) is 0 Å². The Hall–Kier alpha value is -0.870. The van der Waals surface area contributed by atoms with E-state index < -0.39 is 0 Å². The van der Waals surface area contributed by atoms with Crippen LogP contribution in [0.5, 0.6) is 0 Å². The van der Waals surface area contributed by atoms with E-state index in [1.165, 1.54) is 17.7 Å². The highest BCUT2D eigenvalue weighted by Gasteiger charge is 2.30. The maximum absolute atomic E-state index is 12.6. The van der Waals surface area contributed by atoms with Gasteiger partial charge in [-0.1, -0.05) is 19.4 Å². The van der Waals surface area contributed by atoms with E-state index in [1.54, 1.807) is 11.3 Å². The number of thiophene rings is 1. The number of hydrogen-bond donors (Lipinski definition) is 1. The molecule has 2 rings (SSSR count). The summed E-state index contributed by atoms with van der Waals surface area (Å²) in [5, 5.41) is 5.44. The van der Waals surface area contributed by atoms with Gasteiger partial charge in [-0.2, -0.15) is 0 Å². The average Bonchev–Trinajstić information content (AvgIpc) is 2.99. The third-order valence-electron chi connectivity index (χ3n) is 4.27. The van der Waals surface area contributed by atoms with Gasteiger partial charge in [-0.3, -0.25) is 4.79 Å². The molecule has 3 unspecified atom stereocenters. The summed E-state index contributed by atoms with van der Waals surface area (Å²) in [5.41, 5.74) is 0. The maximum Gasteiger partial charge on any atom is 0.239 e. The minimum Gasteiger partial charge on any atom is -0.337 e. The molecule has 4 heteroatoms. The molecule has 0 bridgehead atoms.